The van der Waals surface area contributed by atoms with Crippen LogP contribution in [0.15, 0.2) is 28.2 Å². The summed E-state index contributed by atoms with van der Waals surface area (Å²) in [6.07, 6.45) is 4.41. The molecule has 1 heterocycles. The largest absolute Gasteiger partial charge is 0.298 e. The van der Waals surface area contributed by atoms with Gasteiger partial charge in [0.15, 0.2) is 5.16 Å². The molecule has 0 aliphatic heterocycles. The third kappa shape index (κ3) is 4.26. The number of carbonyl (C=O) groups excluding carboxylic acids is 1. The number of nitrogens with zero attached hydrogens (tertiary/aromatic N) is 2. The number of halogens is 1. The highest BCUT2D eigenvalue weighted by atomic mass is 35.5. The van der Waals surface area contributed by atoms with E-state index < -0.39 is 0 Å². The smallest absolute Gasteiger partial charge is 0.262 e. The Morgan fingerprint density at radius 3 is 2.84 bits per heavy atom. The van der Waals surface area contributed by atoms with Crippen molar-refractivity contribution in [1.29, 1.82) is 0 Å². The van der Waals surface area contributed by atoms with Gasteiger partial charge >= 0.3 is 0 Å². The maximum Gasteiger partial charge on any atom is 0.262 e. The lowest BCUT2D eigenvalue weighted by Gasteiger charge is -2.21. The molecule has 0 N–H and O–H groups in total. The summed E-state index contributed by atoms with van der Waals surface area (Å²) in [4.78, 5) is 29.9. The van der Waals surface area contributed by atoms with Gasteiger partial charge in [0.1, 0.15) is 5.78 Å². The normalized spacial score (nSPS) is 18.2. The van der Waals surface area contributed by atoms with E-state index in [4.69, 9.17) is 16.6 Å². The molecule has 0 unspecified atom stereocenters. The molecule has 1 aromatic carbocycles. The second kappa shape index (κ2) is 7.92. The number of carbonyl (C=O) groups is 1. The van der Waals surface area contributed by atoms with Crippen LogP contribution in [0.3, 0.4) is 0 Å². The molecule has 6 heteroatoms. The van der Waals surface area contributed by atoms with Crippen molar-refractivity contribution < 1.29 is 4.79 Å². The Bertz CT molecular complexity index is 847. The molecule has 0 amide bonds. The van der Waals surface area contributed by atoms with Crippen molar-refractivity contribution in [2.24, 2.45) is 5.92 Å². The molecule has 4 nitrogen and oxygen atoms in total. The molecule has 1 fully saturated rings. The van der Waals surface area contributed by atoms with Crippen molar-refractivity contribution in [2.45, 2.75) is 62.9 Å². The first-order valence-corrected chi connectivity index (χ1v) is 10.1. The molecule has 1 atom stereocenters. The second-order valence-electron chi connectivity index (χ2n) is 7.01. The van der Waals surface area contributed by atoms with Crippen LogP contribution in [0.2, 0.25) is 5.02 Å². The van der Waals surface area contributed by atoms with Crippen molar-refractivity contribution in [2.75, 3.05) is 0 Å². The topological polar surface area (TPSA) is 52.0 Å². The number of hydrogen-bond donors (Lipinski definition) is 0. The summed E-state index contributed by atoms with van der Waals surface area (Å²) >= 11 is 7.52. The number of aromatic nitrogens is 2. The predicted molar refractivity (Wildman–Crippen MR) is 104 cm³/mol. The van der Waals surface area contributed by atoms with Crippen LogP contribution in [0.25, 0.3) is 10.9 Å². The van der Waals surface area contributed by atoms with Gasteiger partial charge in [0, 0.05) is 18.0 Å². The van der Waals surface area contributed by atoms with Crippen LogP contribution in [0, 0.1) is 5.92 Å². The van der Waals surface area contributed by atoms with Crippen LogP contribution < -0.4 is 5.56 Å². The number of ketones is 1. The van der Waals surface area contributed by atoms with Crippen molar-refractivity contribution in [3.8, 4) is 0 Å². The lowest BCUT2D eigenvalue weighted by molar-refractivity contribution is -0.119. The van der Waals surface area contributed by atoms with Gasteiger partial charge in [0.05, 0.1) is 16.2 Å². The predicted octanol–water partition coefficient (Wildman–Crippen LogP) is 4.70. The maximum atomic E-state index is 13.0. The van der Waals surface area contributed by atoms with Gasteiger partial charge in [-0.15, -0.1) is 0 Å². The first-order valence-electron chi connectivity index (χ1n) is 8.85. The lowest BCUT2D eigenvalue weighted by Crippen LogP contribution is -2.27. The van der Waals surface area contributed by atoms with E-state index in [2.05, 4.69) is 13.8 Å². The average Bonchev–Trinajstić information content (AvgIpc) is 2.56. The molecular weight excluding hydrogens is 356 g/mol. The van der Waals surface area contributed by atoms with E-state index in [-0.39, 0.29) is 16.6 Å². The SMILES string of the molecule is CC(C)CCn1c(S[C@@H]2CCCCC2=O)nc2cc(Cl)ccc2c1=O. The summed E-state index contributed by atoms with van der Waals surface area (Å²) in [7, 11) is 0. The molecule has 0 saturated heterocycles. The first-order chi connectivity index (χ1) is 12.0. The third-order valence-electron chi connectivity index (χ3n) is 4.56. The number of thioether (sulfide) groups is 1. The van der Waals surface area contributed by atoms with Crippen LogP contribution in [0.5, 0.6) is 0 Å². The van der Waals surface area contributed by atoms with Gasteiger partial charge in [-0.1, -0.05) is 43.6 Å². The van der Waals surface area contributed by atoms with Crippen LogP contribution in [0.1, 0.15) is 46.0 Å². The molecule has 1 aliphatic carbocycles. The third-order valence-corrected chi connectivity index (χ3v) is 6.10. The number of rotatable bonds is 5. The van der Waals surface area contributed by atoms with Crippen LogP contribution in [-0.2, 0) is 11.3 Å². The fourth-order valence-corrected chi connectivity index (χ4v) is 4.46. The van der Waals surface area contributed by atoms with Gasteiger partial charge in [0.2, 0.25) is 0 Å². The summed E-state index contributed by atoms with van der Waals surface area (Å²) in [6, 6.07) is 5.17. The van der Waals surface area contributed by atoms with Crippen molar-refractivity contribution in [1.82, 2.24) is 9.55 Å². The number of Topliss-reactive ketones (excluding diaryl/α,β-unsaturated/α-hetero) is 1. The Morgan fingerprint density at radius 2 is 2.12 bits per heavy atom. The molecular formula is C19H23ClN2O2S. The Balaban J connectivity index is 2.04. The van der Waals surface area contributed by atoms with Gasteiger partial charge in [-0.05, 0) is 43.4 Å². The van der Waals surface area contributed by atoms with Crippen LogP contribution in [0.4, 0.5) is 0 Å². The minimum Gasteiger partial charge on any atom is -0.298 e. The average molecular weight is 379 g/mol. The van der Waals surface area contributed by atoms with Gasteiger partial charge in [-0.25, -0.2) is 4.98 Å². The zero-order valence-electron chi connectivity index (χ0n) is 14.6. The van der Waals surface area contributed by atoms with E-state index >= 15 is 0 Å². The molecule has 1 aromatic heterocycles. The highest BCUT2D eigenvalue weighted by Gasteiger charge is 2.25. The standard InChI is InChI=1S/C19H23ClN2O2S/c1-12(2)9-10-22-18(24)14-8-7-13(20)11-15(14)21-19(22)25-17-6-4-3-5-16(17)23/h7-8,11-12,17H,3-6,9-10H2,1-2H3/t17-/m1/s1. The Morgan fingerprint density at radius 1 is 1.32 bits per heavy atom. The van der Waals surface area contributed by atoms with E-state index in [1.807, 2.05) is 0 Å². The molecule has 2 aromatic rings. The van der Waals surface area contributed by atoms with Crippen molar-refractivity contribution >= 4 is 40.0 Å². The van der Waals surface area contributed by atoms with Crippen LogP contribution in [-0.4, -0.2) is 20.6 Å². The quantitative estimate of drug-likeness (QED) is 0.707. The van der Waals surface area contributed by atoms with E-state index in [1.54, 1.807) is 22.8 Å². The van der Waals surface area contributed by atoms with E-state index in [9.17, 15) is 9.59 Å². The van der Waals surface area contributed by atoms with Gasteiger partial charge in [0.25, 0.3) is 5.56 Å². The number of fused-ring (bicyclic) bond motifs is 1. The molecule has 25 heavy (non-hydrogen) atoms. The molecule has 1 aliphatic rings. The maximum absolute atomic E-state index is 13.0. The highest BCUT2D eigenvalue weighted by Crippen LogP contribution is 2.31. The molecule has 0 bridgehead atoms. The lowest BCUT2D eigenvalue weighted by atomic mass is 9.99. The summed E-state index contributed by atoms with van der Waals surface area (Å²) < 4.78 is 1.74. The molecule has 1 saturated carbocycles. The van der Waals surface area contributed by atoms with Gasteiger partial charge < -0.3 is 0 Å². The Kier molecular flexibility index (Phi) is 5.85. The van der Waals surface area contributed by atoms with Gasteiger partial charge in [-0.2, -0.15) is 0 Å². The fourth-order valence-electron chi connectivity index (χ4n) is 3.05. The monoisotopic (exact) mass is 378 g/mol. The first kappa shape index (κ1) is 18.5. The summed E-state index contributed by atoms with van der Waals surface area (Å²) in [5.74, 6) is 0.758. The minimum absolute atomic E-state index is 0.0481. The van der Waals surface area contributed by atoms with Crippen LogP contribution >= 0.6 is 23.4 Å². The highest BCUT2D eigenvalue weighted by molar-refractivity contribution is 8.00. The Labute approximate surface area is 157 Å². The summed E-state index contributed by atoms with van der Waals surface area (Å²) in [6.45, 7) is 4.89. The van der Waals surface area contributed by atoms with E-state index in [0.29, 0.717) is 40.0 Å². The zero-order chi connectivity index (χ0) is 18.0. The molecule has 3 rings (SSSR count). The molecule has 0 spiro atoms. The van der Waals surface area contributed by atoms with E-state index in [1.165, 1.54) is 11.8 Å². The summed E-state index contributed by atoms with van der Waals surface area (Å²) in [5.41, 5.74) is 0.553. The number of hydrogen-bond acceptors (Lipinski definition) is 4. The number of benzene rings is 1. The zero-order valence-corrected chi connectivity index (χ0v) is 16.2. The van der Waals surface area contributed by atoms with E-state index in [0.717, 1.165) is 25.7 Å². The Hall–Kier alpha value is -1.33. The van der Waals surface area contributed by atoms with Crippen molar-refractivity contribution in [3.63, 3.8) is 0 Å². The fraction of sp³-hybridized carbons (Fsp3) is 0.526. The molecule has 0 radical (unpaired) electrons. The van der Waals surface area contributed by atoms with Crippen molar-refractivity contribution in [3.05, 3.63) is 33.6 Å². The van der Waals surface area contributed by atoms with Gasteiger partial charge in [-0.3, -0.25) is 14.2 Å². The summed E-state index contributed by atoms with van der Waals surface area (Å²) in [5, 5.41) is 1.68. The second-order valence-corrected chi connectivity index (χ2v) is 8.62. The minimum atomic E-state index is -0.0948. The molecule has 134 valence electrons.